The Morgan fingerprint density at radius 1 is 1.32 bits per heavy atom. The summed E-state index contributed by atoms with van der Waals surface area (Å²) in [6, 6.07) is -0.753. The molecule has 1 saturated carbocycles. The van der Waals surface area contributed by atoms with Gasteiger partial charge in [-0.3, -0.25) is 4.79 Å². The molecule has 3 N–H and O–H groups in total. The molecule has 1 unspecified atom stereocenters. The third kappa shape index (κ3) is 6.02. The van der Waals surface area contributed by atoms with Crippen molar-refractivity contribution in [2.24, 2.45) is 5.92 Å². The summed E-state index contributed by atoms with van der Waals surface area (Å²) in [6.07, 6.45) is 5.03. The molecule has 0 aliphatic heterocycles. The van der Waals surface area contributed by atoms with Gasteiger partial charge in [-0.1, -0.05) is 19.3 Å². The highest BCUT2D eigenvalue weighted by atomic mass is 16.5. The number of methoxy groups -OCH3 is 1. The zero-order valence-corrected chi connectivity index (χ0v) is 11.5. The van der Waals surface area contributed by atoms with Gasteiger partial charge in [0.05, 0.1) is 13.2 Å². The van der Waals surface area contributed by atoms with Crippen molar-refractivity contribution >= 4 is 11.9 Å². The lowest BCUT2D eigenvalue weighted by Crippen LogP contribution is -2.49. The molecule has 1 amide bonds. The summed E-state index contributed by atoms with van der Waals surface area (Å²) < 4.78 is 4.85. The van der Waals surface area contributed by atoms with Gasteiger partial charge in [0.15, 0.2) is 0 Å². The van der Waals surface area contributed by atoms with Crippen LogP contribution < -0.4 is 10.6 Å². The van der Waals surface area contributed by atoms with E-state index in [1.165, 1.54) is 0 Å². The molecule has 19 heavy (non-hydrogen) atoms. The molecule has 0 aromatic carbocycles. The van der Waals surface area contributed by atoms with Gasteiger partial charge < -0.3 is 20.5 Å². The normalized spacial score (nSPS) is 17.9. The molecule has 0 heterocycles. The number of hydrogen-bond acceptors (Lipinski definition) is 4. The van der Waals surface area contributed by atoms with Gasteiger partial charge in [0, 0.05) is 13.7 Å². The molecular weight excluding hydrogens is 248 g/mol. The van der Waals surface area contributed by atoms with E-state index in [9.17, 15) is 14.7 Å². The van der Waals surface area contributed by atoms with Crippen molar-refractivity contribution in [2.75, 3.05) is 26.8 Å². The van der Waals surface area contributed by atoms with Crippen molar-refractivity contribution in [3.05, 3.63) is 0 Å². The number of hydrogen-bond donors (Lipinski definition) is 3. The summed E-state index contributed by atoms with van der Waals surface area (Å²) in [5.74, 6) is -1.14. The Hall–Kier alpha value is -1.14. The second-order valence-electron chi connectivity index (χ2n) is 4.95. The average Bonchev–Trinajstić information content (AvgIpc) is 2.41. The molecule has 1 aliphatic rings. The number of nitrogens with one attached hydrogen (secondary N) is 2. The first-order valence-corrected chi connectivity index (χ1v) is 6.87. The number of carbonyl (C=O) groups is 2. The van der Waals surface area contributed by atoms with Gasteiger partial charge in [-0.05, 0) is 18.8 Å². The fourth-order valence-corrected chi connectivity index (χ4v) is 2.45. The highest BCUT2D eigenvalue weighted by molar-refractivity contribution is 5.84. The highest BCUT2D eigenvalue weighted by Gasteiger charge is 2.30. The first-order chi connectivity index (χ1) is 9.15. The van der Waals surface area contributed by atoms with Crippen LogP contribution in [0.1, 0.15) is 32.1 Å². The third-order valence-corrected chi connectivity index (χ3v) is 3.47. The maximum absolute atomic E-state index is 11.7. The van der Waals surface area contributed by atoms with Gasteiger partial charge in [0.25, 0.3) is 0 Å². The van der Waals surface area contributed by atoms with E-state index in [0.717, 1.165) is 32.1 Å². The summed E-state index contributed by atoms with van der Waals surface area (Å²) in [4.78, 5) is 22.9. The number of ether oxygens (including phenoxy) is 1. The van der Waals surface area contributed by atoms with Crippen LogP contribution >= 0.6 is 0 Å². The van der Waals surface area contributed by atoms with E-state index < -0.39 is 12.0 Å². The van der Waals surface area contributed by atoms with E-state index in [-0.39, 0.29) is 18.4 Å². The minimum atomic E-state index is -0.933. The largest absolute Gasteiger partial charge is 0.480 e. The van der Waals surface area contributed by atoms with Gasteiger partial charge in [-0.25, -0.2) is 4.79 Å². The van der Waals surface area contributed by atoms with E-state index in [1.54, 1.807) is 7.11 Å². The Morgan fingerprint density at radius 3 is 2.58 bits per heavy atom. The molecule has 0 spiro atoms. The van der Waals surface area contributed by atoms with E-state index in [4.69, 9.17) is 4.74 Å². The molecular formula is C13H24N2O4. The maximum Gasteiger partial charge on any atom is 0.326 e. The Labute approximate surface area is 113 Å². The Balaban J connectivity index is 2.35. The lowest BCUT2D eigenvalue weighted by atomic mass is 9.84. The number of carboxylic acid groups (broad SMARTS) is 1. The van der Waals surface area contributed by atoms with Crippen molar-refractivity contribution in [2.45, 2.75) is 38.1 Å². The molecule has 0 radical (unpaired) electrons. The Morgan fingerprint density at radius 2 is 2.00 bits per heavy atom. The van der Waals surface area contributed by atoms with Crippen molar-refractivity contribution in [3.63, 3.8) is 0 Å². The zero-order chi connectivity index (χ0) is 14.1. The summed E-state index contributed by atoms with van der Waals surface area (Å²) in [5, 5.41) is 14.8. The monoisotopic (exact) mass is 272 g/mol. The van der Waals surface area contributed by atoms with Crippen LogP contribution in [0.15, 0.2) is 0 Å². The van der Waals surface area contributed by atoms with Crippen LogP contribution in [0, 0.1) is 5.92 Å². The Bertz CT molecular complexity index is 290. The molecule has 0 bridgehead atoms. The fourth-order valence-electron chi connectivity index (χ4n) is 2.45. The minimum absolute atomic E-state index is 0.0641. The quantitative estimate of drug-likeness (QED) is 0.556. The highest BCUT2D eigenvalue weighted by Crippen LogP contribution is 2.26. The van der Waals surface area contributed by atoms with Crippen molar-refractivity contribution in [1.82, 2.24) is 10.6 Å². The van der Waals surface area contributed by atoms with Crippen LogP contribution in [0.2, 0.25) is 0 Å². The molecule has 1 fully saturated rings. The first-order valence-electron chi connectivity index (χ1n) is 6.87. The smallest absolute Gasteiger partial charge is 0.326 e. The van der Waals surface area contributed by atoms with E-state index in [0.29, 0.717) is 13.2 Å². The van der Waals surface area contributed by atoms with Crippen LogP contribution in [-0.2, 0) is 14.3 Å². The minimum Gasteiger partial charge on any atom is -0.480 e. The number of rotatable bonds is 8. The van der Waals surface area contributed by atoms with E-state index in [2.05, 4.69) is 10.6 Å². The molecule has 0 aromatic heterocycles. The predicted octanol–water partition coefficient (Wildman–Crippen LogP) is 0.372. The van der Waals surface area contributed by atoms with Crippen LogP contribution in [0.25, 0.3) is 0 Å². The molecule has 0 aromatic rings. The molecule has 110 valence electrons. The lowest BCUT2D eigenvalue weighted by molar-refractivity contribution is -0.143. The fraction of sp³-hybridized carbons (Fsp3) is 0.846. The van der Waals surface area contributed by atoms with Gasteiger partial charge in [0.1, 0.15) is 6.04 Å². The number of aliphatic carboxylic acids is 1. The topological polar surface area (TPSA) is 87.7 Å². The van der Waals surface area contributed by atoms with Gasteiger partial charge >= 0.3 is 5.97 Å². The van der Waals surface area contributed by atoms with Crippen molar-refractivity contribution < 1.29 is 19.4 Å². The lowest BCUT2D eigenvalue weighted by Gasteiger charge is -2.28. The van der Waals surface area contributed by atoms with Crippen molar-refractivity contribution in [3.8, 4) is 0 Å². The average molecular weight is 272 g/mol. The van der Waals surface area contributed by atoms with Gasteiger partial charge in [0.2, 0.25) is 5.91 Å². The van der Waals surface area contributed by atoms with E-state index in [1.807, 2.05) is 0 Å². The summed E-state index contributed by atoms with van der Waals surface area (Å²) in [5.41, 5.74) is 0. The first kappa shape index (κ1) is 15.9. The predicted molar refractivity (Wildman–Crippen MR) is 70.9 cm³/mol. The SMILES string of the molecule is COCCNCC(=O)NC(C(=O)O)C1CCCCC1. The molecule has 1 aliphatic carbocycles. The van der Waals surface area contributed by atoms with Crippen LogP contribution in [0.5, 0.6) is 0 Å². The molecule has 6 nitrogen and oxygen atoms in total. The summed E-state index contributed by atoms with van der Waals surface area (Å²) in [7, 11) is 1.59. The van der Waals surface area contributed by atoms with Crippen molar-refractivity contribution in [1.29, 1.82) is 0 Å². The zero-order valence-electron chi connectivity index (χ0n) is 11.5. The maximum atomic E-state index is 11.7. The second kappa shape index (κ2) is 8.87. The van der Waals surface area contributed by atoms with Crippen LogP contribution in [-0.4, -0.2) is 49.8 Å². The Kier molecular flexibility index (Phi) is 7.43. The van der Waals surface area contributed by atoms with Gasteiger partial charge in [-0.2, -0.15) is 0 Å². The van der Waals surface area contributed by atoms with Crippen LogP contribution in [0.3, 0.4) is 0 Å². The molecule has 1 atom stereocenters. The number of carbonyl (C=O) groups excluding carboxylic acids is 1. The molecule has 1 rings (SSSR count). The second-order valence-corrected chi connectivity index (χ2v) is 4.95. The summed E-state index contributed by atoms with van der Waals surface area (Å²) in [6.45, 7) is 1.23. The molecule has 0 saturated heterocycles. The van der Waals surface area contributed by atoms with Crippen LogP contribution in [0.4, 0.5) is 0 Å². The standard InChI is InChI=1S/C13H24N2O4/c1-19-8-7-14-9-11(16)15-12(13(17)18)10-5-3-2-4-6-10/h10,12,14H,2-9H2,1H3,(H,15,16)(H,17,18). The van der Waals surface area contributed by atoms with Gasteiger partial charge in [-0.15, -0.1) is 0 Å². The van der Waals surface area contributed by atoms with E-state index >= 15 is 0 Å². The molecule has 6 heteroatoms. The third-order valence-electron chi connectivity index (χ3n) is 3.47. The number of amides is 1. The summed E-state index contributed by atoms with van der Waals surface area (Å²) >= 11 is 0. The number of carboxylic acids is 1.